The number of amides is 3. The zero-order valence-corrected chi connectivity index (χ0v) is 17.2. The molecule has 156 valence electrons. The molecule has 3 amide bonds. The van der Waals surface area contributed by atoms with Gasteiger partial charge in [-0.25, -0.2) is 0 Å². The largest absolute Gasteiger partial charge is 0.492 e. The summed E-state index contributed by atoms with van der Waals surface area (Å²) in [5.41, 5.74) is 2.44. The number of rotatable bonds is 5. The molecule has 0 aliphatic carbocycles. The second-order valence-corrected chi connectivity index (χ2v) is 7.58. The number of ether oxygens (including phenoxy) is 1. The number of anilines is 2. The van der Waals surface area contributed by atoms with E-state index < -0.39 is 6.04 Å². The van der Waals surface area contributed by atoms with Gasteiger partial charge in [-0.2, -0.15) is 0 Å². The van der Waals surface area contributed by atoms with Crippen molar-refractivity contribution < 1.29 is 19.1 Å². The first kappa shape index (κ1) is 19.9. The first-order chi connectivity index (χ1) is 14.5. The third kappa shape index (κ3) is 3.63. The van der Waals surface area contributed by atoms with Crippen molar-refractivity contribution >= 4 is 29.1 Å². The SMILES string of the molecule is CCOc1ccccc1NC(=O)CN1C(=O)[C@H]2CCCN2C(=O)c2cc(C)ccc21. The van der Waals surface area contributed by atoms with Crippen molar-refractivity contribution in [2.75, 3.05) is 29.9 Å². The standard InChI is InChI=1S/C23H25N3O4/c1-3-30-20-9-5-4-7-17(20)24-21(27)14-26-18-11-10-15(2)13-16(18)22(28)25-12-6-8-19(25)23(26)29/h4-5,7,9-11,13,19H,3,6,8,12,14H2,1-2H3,(H,24,27)/t19-/m1/s1. The van der Waals surface area contributed by atoms with E-state index in [-0.39, 0.29) is 24.3 Å². The summed E-state index contributed by atoms with van der Waals surface area (Å²) >= 11 is 0. The van der Waals surface area contributed by atoms with Gasteiger partial charge in [0, 0.05) is 6.54 Å². The number of nitrogens with zero attached hydrogens (tertiary/aromatic N) is 2. The van der Waals surface area contributed by atoms with Crippen LogP contribution in [-0.4, -0.2) is 48.4 Å². The Hall–Kier alpha value is -3.35. The molecule has 4 rings (SSSR count). The summed E-state index contributed by atoms with van der Waals surface area (Å²) in [5, 5.41) is 2.84. The van der Waals surface area contributed by atoms with Crippen LogP contribution in [0, 0.1) is 6.92 Å². The summed E-state index contributed by atoms with van der Waals surface area (Å²) in [6, 6.07) is 12.1. The Morgan fingerprint density at radius 2 is 2.00 bits per heavy atom. The molecule has 2 aliphatic heterocycles. The van der Waals surface area contributed by atoms with Crippen molar-refractivity contribution in [1.82, 2.24) is 4.90 Å². The molecule has 7 heteroatoms. The molecule has 1 N–H and O–H groups in total. The minimum Gasteiger partial charge on any atom is -0.492 e. The molecule has 1 fully saturated rings. The maximum absolute atomic E-state index is 13.3. The van der Waals surface area contributed by atoms with Crippen LogP contribution >= 0.6 is 0 Å². The van der Waals surface area contributed by atoms with E-state index in [0.29, 0.717) is 42.3 Å². The first-order valence-electron chi connectivity index (χ1n) is 10.2. The van der Waals surface area contributed by atoms with E-state index in [9.17, 15) is 14.4 Å². The summed E-state index contributed by atoms with van der Waals surface area (Å²) in [7, 11) is 0. The average molecular weight is 407 g/mol. The average Bonchev–Trinajstić information content (AvgIpc) is 3.20. The van der Waals surface area contributed by atoms with Crippen LogP contribution in [0.15, 0.2) is 42.5 Å². The number of carbonyl (C=O) groups is 3. The molecule has 2 aliphatic rings. The zero-order valence-electron chi connectivity index (χ0n) is 17.2. The van der Waals surface area contributed by atoms with Crippen LogP contribution in [0.5, 0.6) is 5.75 Å². The molecule has 0 spiro atoms. The highest BCUT2D eigenvalue weighted by molar-refractivity contribution is 6.13. The molecule has 30 heavy (non-hydrogen) atoms. The van der Waals surface area contributed by atoms with Crippen LogP contribution in [-0.2, 0) is 9.59 Å². The molecule has 0 saturated carbocycles. The Kier molecular flexibility index (Phi) is 5.44. The van der Waals surface area contributed by atoms with E-state index in [4.69, 9.17) is 4.74 Å². The molecular formula is C23H25N3O4. The molecule has 0 aromatic heterocycles. The number of fused-ring (bicyclic) bond motifs is 2. The Balaban J connectivity index is 1.64. The van der Waals surface area contributed by atoms with Crippen LogP contribution in [0.2, 0.25) is 0 Å². The molecule has 2 heterocycles. The van der Waals surface area contributed by atoms with Gasteiger partial charge in [-0.1, -0.05) is 23.8 Å². The molecule has 0 radical (unpaired) electrons. The highest BCUT2D eigenvalue weighted by Crippen LogP contribution is 2.33. The van der Waals surface area contributed by atoms with Crippen LogP contribution in [0.4, 0.5) is 11.4 Å². The molecular weight excluding hydrogens is 382 g/mol. The Bertz CT molecular complexity index is 1000. The number of nitrogens with one attached hydrogen (secondary N) is 1. The van der Waals surface area contributed by atoms with Crippen LogP contribution in [0.25, 0.3) is 0 Å². The summed E-state index contributed by atoms with van der Waals surface area (Å²) in [5.74, 6) is -0.129. The molecule has 1 atom stereocenters. The zero-order chi connectivity index (χ0) is 21.3. The lowest BCUT2D eigenvalue weighted by Gasteiger charge is -2.25. The smallest absolute Gasteiger partial charge is 0.256 e. The molecule has 0 bridgehead atoms. The van der Waals surface area contributed by atoms with Gasteiger partial charge in [0.2, 0.25) is 11.8 Å². The van der Waals surface area contributed by atoms with E-state index in [1.807, 2.05) is 32.0 Å². The first-order valence-corrected chi connectivity index (χ1v) is 10.2. The molecule has 1 saturated heterocycles. The van der Waals surface area contributed by atoms with Crippen molar-refractivity contribution in [2.24, 2.45) is 0 Å². The lowest BCUT2D eigenvalue weighted by Crippen LogP contribution is -2.47. The third-order valence-corrected chi connectivity index (χ3v) is 5.50. The molecule has 7 nitrogen and oxygen atoms in total. The molecule has 2 aromatic rings. The van der Waals surface area contributed by atoms with Crippen molar-refractivity contribution in [2.45, 2.75) is 32.7 Å². The van der Waals surface area contributed by atoms with Gasteiger partial charge in [-0.3, -0.25) is 14.4 Å². The fourth-order valence-electron chi connectivity index (χ4n) is 4.12. The van der Waals surface area contributed by atoms with Crippen molar-refractivity contribution in [3.63, 3.8) is 0 Å². The number of benzene rings is 2. The number of hydrogen-bond donors (Lipinski definition) is 1. The predicted molar refractivity (Wildman–Crippen MR) is 114 cm³/mol. The lowest BCUT2D eigenvalue weighted by molar-refractivity contribution is -0.124. The second kappa shape index (κ2) is 8.18. The lowest BCUT2D eigenvalue weighted by atomic mass is 10.1. The Morgan fingerprint density at radius 3 is 2.80 bits per heavy atom. The summed E-state index contributed by atoms with van der Waals surface area (Å²) < 4.78 is 5.56. The van der Waals surface area contributed by atoms with E-state index in [0.717, 1.165) is 12.0 Å². The quantitative estimate of drug-likeness (QED) is 0.827. The maximum atomic E-state index is 13.3. The van der Waals surface area contributed by atoms with Crippen molar-refractivity contribution in [3.8, 4) is 5.75 Å². The van der Waals surface area contributed by atoms with Crippen molar-refractivity contribution in [3.05, 3.63) is 53.6 Å². The monoisotopic (exact) mass is 407 g/mol. The van der Waals surface area contributed by atoms with Gasteiger partial charge >= 0.3 is 0 Å². The normalized spacial score (nSPS) is 18.0. The minimum absolute atomic E-state index is 0.144. The van der Waals surface area contributed by atoms with E-state index in [1.54, 1.807) is 29.2 Å². The summed E-state index contributed by atoms with van der Waals surface area (Å²) in [4.78, 5) is 42.4. The highest BCUT2D eigenvalue weighted by atomic mass is 16.5. The topological polar surface area (TPSA) is 79.0 Å². The fraction of sp³-hybridized carbons (Fsp3) is 0.348. The number of para-hydroxylation sites is 2. The van der Waals surface area contributed by atoms with Crippen LogP contribution < -0.4 is 15.0 Å². The van der Waals surface area contributed by atoms with E-state index in [2.05, 4.69) is 5.32 Å². The van der Waals surface area contributed by atoms with Crippen LogP contribution in [0.3, 0.4) is 0 Å². The van der Waals surface area contributed by atoms with E-state index in [1.165, 1.54) is 4.90 Å². The number of aryl methyl sites for hydroxylation is 1. The third-order valence-electron chi connectivity index (χ3n) is 5.50. The minimum atomic E-state index is -0.520. The number of carbonyl (C=O) groups excluding carboxylic acids is 3. The van der Waals surface area contributed by atoms with Crippen molar-refractivity contribution in [1.29, 1.82) is 0 Å². The predicted octanol–water partition coefficient (Wildman–Crippen LogP) is 2.98. The van der Waals surface area contributed by atoms with Gasteiger partial charge < -0.3 is 19.9 Å². The highest BCUT2D eigenvalue weighted by Gasteiger charge is 2.42. The Morgan fingerprint density at radius 1 is 1.20 bits per heavy atom. The van der Waals surface area contributed by atoms with Gasteiger partial charge in [0.25, 0.3) is 5.91 Å². The molecule has 0 unspecified atom stereocenters. The van der Waals surface area contributed by atoms with Gasteiger partial charge in [0.15, 0.2) is 0 Å². The summed E-state index contributed by atoms with van der Waals surface area (Å²) in [6.07, 6.45) is 1.40. The fourth-order valence-corrected chi connectivity index (χ4v) is 4.12. The van der Waals surface area contributed by atoms with Gasteiger partial charge in [-0.15, -0.1) is 0 Å². The summed E-state index contributed by atoms with van der Waals surface area (Å²) in [6.45, 7) is 4.64. The van der Waals surface area contributed by atoms with E-state index >= 15 is 0 Å². The van der Waals surface area contributed by atoms with Gasteiger partial charge in [0.05, 0.1) is 23.5 Å². The molecule has 2 aromatic carbocycles. The number of hydrogen-bond acceptors (Lipinski definition) is 4. The maximum Gasteiger partial charge on any atom is 0.256 e. The van der Waals surface area contributed by atoms with Gasteiger partial charge in [-0.05, 0) is 51.0 Å². The van der Waals surface area contributed by atoms with Crippen LogP contribution in [0.1, 0.15) is 35.7 Å². The van der Waals surface area contributed by atoms with Gasteiger partial charge in [0.1, 0.15) is 18.3 Å². The second-order valence-electron chi connectivity index (χ2n) is 7.58. The Labute approximate surface area is 175 Å².